The van der Waals surface area contributed by atoms with Crippen molar-refractivity contribution in [3.8, 4) is 0 Å². The highest BCUT2D eigenvalue weighted by molar-refractivity contribution is 5.76. The Morgan fingerprint density at radius 2 is 0.702 bits per heavy atom. The Labute approximate surface area is 356 Å². The third kappa shape index (κ3) is 42.8. The van der Waals surface area contributed by atoms with Gasteiger partial charge in [0.15, 0.2) is 0 Å². The number of amides is 1. The molecule has 0 aromatic heterocycles. The highest BCUT2D eigenvalue weighted by atomic mass is 16.3. The Balaban J connectivity index is 3.58. The summed E-state index contributed by atoms with van der Waals surface area (Å²) >= 11 is 0. The van der Waals surface area contributed by atoms with E-state index in [0.29, 0.717) is 12.8 Å². The first-order valence-corrected chi connectivity index (χ1v) is 25.6. The second-order valence-corrected chi connectivity index (χ2v) is 17.7. The lowest BCUT2D eigenvalue weighted by molar-refractivity contribution is -0.124. The topological polar surface area (TPSA) is 89.8 Å². The first-order chi connectivity index (χ1) is 28.1. The number of aliphatic hydroxyl groups excluding tert-OH is 3. The van der Waals surface area contributed by atoms with Crippen LogP contribution in [0.2, 0.25) is 0 Å². The number of aliphatic hydroxyl groups is 3. The predicted octanol–water partition coefficient (Wildman–Crippen LogP) is 15.3. The lowest BCUT2D eigenvalue weighted by Crippen LogP contribution is -2.50. The summed E-state index contributed by atoms with van der Waals surface area (Å²) in [5.74, 6) is -0.153. The predicted molar refractivity (Wildman–Crippen MR) is 250 cm³/mol. The average Bonchev–Trinajstić information content (AvgIpc) is 3.22. The smallest absolute Gasteiger partial charge is 0.220 e. The lowest BCUT2D eigenvalue weighted by Gasteiger charge is -2.26. The fraction of sp³-hybridized carbons (Fsp3) is 0.904. The summed E-state index contributed by atoms with van der Waals surface area (Å²) in [5.41, 5.74) is 0. The Kier molecular flexibility index (Phi) is 46.5. The van der Waals surface area contributed by atoms with Crippen molar-refractivity contribution in [3.63, 3.8) is 0 Å². The summed E-state index contributed by atoms with van der Waals surface area (Å²) in [5, 5.41) is 33.6. The van der Waals surface area contributed by atoms with Crippen LogP contribution < -0.4 is 5.32 Å². The average molecular weight is 804 g/mol. The molecule has 338 valence electrons. The lowest BCUT2D eigenvalue weighted by atomic mass is 10.0. The Hall–Kier alpha value is -1.17. The maximum absolute atomic E-state index is 12.5. The maximum atomic E-state index is 12.5. The van der Waals surface area contributed by atoms with Crippen LogP contribution in [0.15, 0.2) is 24.3 Å². The summed E-state index contributed by atoms with van der Waals surface area (Å²) in [6.07, 6.45) is 58.9. The zero-order chi connectivity index (χ0) is 41.5. The normalized spacial score (nSPS) is 13.6. The van der Waals surface area contributed by atoms with Gasteiger partial charge in [0.05, 0.1) is 18.8 Å². The molecule has 4 N–H and O–H groups in total. The molecule has 0 aromatic rings. The molecule has 0 aliphatic carbocycles. The molecule has 1 amide bonds. The summed E-state index contributed by atoms with van der Waals surface area (Å²) in [7, 11) is 0. The van der Waals surface area contributed by atoms with Crippen LogP contribution in [0.3, 0.4) is 0 Å². The van der Waals surface area contributed by atoms with Crippen LogP contribution in [-0.2, 0) is 4.79 Å². The molecule has 0 fully saturated rings. The van der Waals surface area contributed by atoms with Gasteiger partial charge in [0, 0.05) is 6.42 Å². The molecule has 5 nitrogen and oxygen atoms in total. The number of rotatable bonds is 47. The SMILES string of the molecule is CCCCCCCCCCCCCC/C=C\CCCCCCCCCCCCC(=O)NC(CO)C(O)C(O)CCC/C=C/CCCCCCCCCCCCCC. The first kappa shape index (κ1) is 55.8. The number of allylic oxidation sites excluding steroid dienone is 4. The fourth-order valence-electron chi connectivity index (χ4n) is 8.04. The third-order valence-electron chi connectivity index (χ3n) is 12.0. The van der Waals surface area contributed by atoms with Gasteiger partial charge in [-0.15, -0.1) is 0 Å². The minimum absolute atomic E-state index is 0.153. The molecule has 5 heteroatoms. The van der Waals surface area contributed by atoms with Crippen molar-refractivity contribution >= 4 is 5.91 Å². The minimum atomic E-state index is -1.16. The molecule has 0 rings (SSSR count). The number of hydrogen-bond donors (Lipinski definition) is 4. The van der Waals surface area contributed by atoms with Gasteiger partial charge in [0.25, 0.3) is 0 Å². The van der Waals surface area contributed by atoms with Crippen molar-refractivity contribution in [2.45, 2.75) is 295 Å². The summed E-state index contributed by atoms with van der Waals surface area (Å²) in [6, 6.07) is -0.825. The molecule has 0 aromatic carbocycles. The zero-order valence-electron chi connectivity index (χ0n) is 38.5. The number of hydrogen-bond acceptors (Lipinski definition) is 4. The standard InChI is InChI=1S/C52H101NO4/c1-3-5-7-9-11-13-15-17-19-21-22-23-24-25-26-27-28-29-31-33-35-37-39-41-43-45-47-51(56)53-49(48-54)52(57)50(55)46-44-42-40-38-36-34-32-30-20-18-16-14-12-10-8-6-4-2/h25-26,38,40,49-50,52,54-55,57H,3-24,27-37,39,41-48H2,1-2H3,(H,53,56)/b26-25-,40-38+. The summed E-state index contributed by atoms with van der Waals surface area (Å²) in [4.78, 5) is 12.5. The second kappa shape index (κ2) is 47.5. The van der Waals surface area contributed by atoms with Gasteiger partial charge in [-0.25, -0.2) is 0 Å². The van der Waals surface area contributed by atoms with Gasteiger partial charge >= 0.3 is 0 Å². The van der Waals surface area contributed by atoms with Crippen molar-refractivity contribution in [1.82, 2.24) is 5.32 Å². The third-order valence-corrected chi connectivity index (χ3v) is 12.0. The largest absolute Gasteiger partial charge is 0.394 e. The molecule has 0 aliphatic rings. The van der Waals surface area contributed by atoms with Crippen molar-refractivity contribution in [3.05, 3.63) is 24.3 Å². The highest BCUT2D eigenvalue weighted by Crippen LogP contribution is 2.16. The molecular weight excluding hydrogens is 703 g/mol. The van der Waals surface area contributed by atoms with E-state index in [1.807, 2.05) is 0 Å². The van der Waals surface area contributed by atoms with E-state index in [1.54, 1.807) is 0 Å². The van der Waals surface area contributed by atoms with Gasteiger partial charge in [-0.05, 0) is 64.2 Å². The van der Waals surface area contributed by atoms with Gasteiger partial charge in [-0.1, -0.05) is 231 Å². The molecule has 0 saturated heterocycles. The summed E-state index contributed by atoms with van der Waals surface area (Å²) in [6.45, 7) is 4.19. The molecule has 0 spiro atoms. The van der Waals surface area contributed by atoms with Crippen molar-refractivity contribution in [2.75, 3.05) is 6.61 Å². The molecule has 3 unspecified atom stereocenters. The molecule has 57 heavy (non-hydrogen) atoms. The Bertz CT molecular complexity index is 844. The fourth-order valence-corrected chi connectivity index (χ4v) is 8.04. The molecule has 0 aliphatic heterocycles. The zero-order valence-corrected chi connectivity index (χ0v) is 38.5. The van der Waals surface area contributed by atoms with Gasteiger partial charge in [-0.2, -0.15) is 0 Å². The molecule has 0 heterocycles. The van der Waals surface area contributed by atoms with Crippen LogP contribution in [0.25, 0.3) is 0 Å². The first-order valence-electron chi connectivity index (χ1n) is 25.6. The summed E-state index contributed by atoms with van der Waals surface area (Å²) < 4.78 is 0. The van der Waals surface area contributed by atoms with Crippen LogP contribution in [0.4, 0.5) is 0 Å². The monoisotopic (exact) mass is 804 g/mol. The van der Waals surface area contributed by atoms with E-state index >= 15 is 0 Å². The van der Waals surface area contributed by atoms with Crippen molar-refractivity contribution < 1.29 is 20.1 Å². The molecule has 0 bridgehead atoms. The number of nitrogens with one attached hydrogen (secondary N) is 1. The van der Waals surface area contributed by atoms with Crippen LogP contribution in [0.1, 0.15) is 277 Å². The Morgan fingerprint density at radius 1 is 0.421 bits per heavy atom. The van der Waals surface area contributed by atoms with Gasteiger partial charge in [-0.3, -0.25) is 4.79 Å². The molecule has 0 radical (unpaired) electrons. The number of carbonyl (C=O) groups is 1. The van der Waals surface area contributed by atoms with Crippen LogP contribution in [-0.4, -0.2) is 46.1 Å². The number of carbonyl (C=O) groups excluding carboxylic acids is 1. The molecule has 3 atom stereocenters. The van der Waals surface area contributed by atoms with Crippen molar-refractivity contribution in [1.29, 1.82) is 0 Å². The molecule has 0 saturated carbocycles. The quantitative estimate of drug-likeness (QED) is 0.0364. The number of unbranched alkanes of at least 4 members (excludes halogenated alkanes) is 35. The van der Waals surface area contributed by atoms with E-state index in [-0.39, 0.29) is 12.5 Å². The van der Waals surface area contributed by atoms with E-state index < -0.39 is 18.2 Å². The Morgan fingerprint density at radius 3 is 1.02 bits per heavy atom. The van der Waals surface area contributed by atoms with Crippen molar-refractivity contribution in [2.24, 2.45) is 0 Å². The van der Waals surface area contributed by atoms with E-state index in [9.17, 15) is 20.1 Å². The minimum Gasteiger partial charge on any atom is -0.394 e. The highest BCUT2D eigenvalue weighted by Gasteiger charge is 2.26. The second-order valence-electron chi connectivity index (χ2n) is 17.7. The van der Waals surface area contributed by atoms with Crippen LogP contribution >= 0.6 is 0 Å². The van der Waals surface area contributed by atoms with Crippen LogP contribution in [0, 0.1) is 0 Å². The van der Waals surface area contributed by atoms with Gasteiger partial charge < -0.3 is 20.6 Å². The molecular formula is C52H101NO4. The van der Waals surface area contributed by atoms with Gasteiger partial charge in [0.1, 0.15) is 6.10 Å². The van der Waals surface area contributed by atoms with E-state index in [4.69, 9.17) is 0 Å². The maximum Gasteiger partial charge on any atom is 0.220 e. The van der Waals surface area contributed by atoms with Gasteiger partial charge in [0.2, 0.25) is 5.91 Å². The van der Waals surface area contributed by atoms with E-state index in [1.165, 1.54) is 212 Å². The van der Waals surface area contributed by atoms with Crippen LogP contribution in [0.5, 0.6) is 0 Å². The van der Waals surface area contributed by atoms with E-state index in [2.05, 4.69) is 43.5 Å². The van der Waals surface area contributed by atoms with E-state index in [0.717, 1.165) is 38.5 Å².